The van der Waals surface area contributed by atoms with Gasteiger partial charge in [-0.15, -0.1) is 0 Å². The Balaban J connectivity index is 1.61. The Hall–Kier alpha value is -2.72. The second kappa shape index (κ2) is 7.26. The smallest absolute Gasteiger partial charge is 0.0590 e. The lowest BCUT2D eigenvalue weighted by Gasteiger charge is -2.32. The van der Waals surface area contributed by atoms with Crippen LogP contribution in [-0.4, -0.2) is 19.8 Å². The minimum atomic E-state index is 0.953. The molecular weight excluding hydrogens is 338 g/mol. The molecule has 0 unspecified atom stereocenters. The minimum absolute atomic E-state index is 0.953. The molecule has 3 nitrogen and oxygen atoms in total. The lowest BCUT2D eigenvalue weighted by Crippen LogP contribution is -2.20. The highest BCUT2D eigenvalue weighted by molar-refractivity contribution is 7.99. The van der Waals surface area contributed by atoms with Crippen molar-refractivity contribution in [3.63, 3.8) is 0 Å². The first-order valence-corrected chi connectivity index (χ1v) is 9.59. The van der Waals surface area contributed by atoms with Crippen molar-refractivity contribution in [2.24, 2.45) is 5.10 Å². The van der Waals surface area contributed by atoms with Gasteiger partial charge in [0.05, 0.1) is 23.3 Å². The lowest BCUT2D eigenvalue weighted by molar-refractivity contribution is 0.978. The number of para-hydroxylation sites is 2. The third kappa shape index (κ3) is 3.20. The molecule has 0 spiro atoms. The molecule has 130 valence electrons. The average molecular weight is 359 g/mol. The topological polar surface area (TPSA) is 18.8 Å². The van der Waals surface area contributed by atoms with Crippen molar-refractivity contribution in [1.82, 2.24) is 0 Å². The maximum Gasteiger partial charge on any atom is 0.0590 e. The van der Waals surface area contributed by atoms with Gasteiger partial charge in [0.2, 0.25) is 0 Å². The highest BCUT2D eigenvalue weighted by Crippen LogP contribution is 2.47. The predicted octanol–water partition coefficient (Wildman–Crippen LogP) is 5.78. The summed E-state index contributed by atoms with van der Waals surface area (Å²) in [5.41, 5.74) is 4.74. The van der Waals surface area contributed by atoms with Crippen LogP contribution in [0.3, 0.4) is 0 Å². The Labute approximate surface area is 159 Å². The van der Waals surface area contributed by atoms with Crippen LogP contribution in [0.15, 0.2) is 87.7 Å². The SMILES string of the molecule is CCN1c2ccccc2Sc2cc(/C=N/N(C)c3ccccc3)ccc21. The summed E-state index contributed by atoms with van der Waals surface area (Å²) in [4.78, 5) is 4.95. The average Bonchev–Trinajstić information content (AvgIpc) is 2.70. The fraction of sp³-hybridized carbons (Fsp3) is 0.136. The van der Waals surface area contributed by atoms with E-state index in [0.29, 0.717) is 0 Å². The van der Waals surface area contributed by atoms with Crippen LogP contribution in [0.2, 0.25) is 0 Å². The summed E-state index contributed by atoms with van der Waals surface area (Å²) in [6, 6.07) is 25.3. The van der Waals surface area contributed by atoms with Crippen molar-refractivity contribution in [3.8, 4) is 0 Å². The van der Waals surface area contributed by atoms with E-state index in [1.54, 1.807) is 0 Å². The Morgan fingerprint density at radius 1 is 0.923 bits per heavy atom. The van der Waals surface area contributed by atoms with E-state index in [4.69, 9.17) is 0 Å². The zero-order valence-electron chi connectivity index (χ0n) is 15.0. The Morgan fingerprint density at radius 2 is 1.65 bits per heavy atom. The van der Waals surface area contributed by atoms with E-state index in [0.717, 1.165) is 17.8 Å². The van der Waals surface area contributed by atoms with Crippen molar-refractivity contribution in [2.45, 2.75) is 16.7 Å². The largest absolute Gasteiger partial charge is 0.340 e. The molecule has 0 fully saturated rings. The molecule has 0 saturated carbocycles. The molecule has 1 aliphatic rings. The van der Waals surface area contributed by atoms with Gasteiger partial charge in [-0.25, -0.2) is 0 Å². The first kappa shape index (κ1) is 16.7. The van der Waals surface area contributed by atoms with Gasteiger partial charge in [-0.2, -0.15) is 5.10 Å². The summed E-state index contributed by atoms with van der Waals surface area (Å²) in [5, 5.41) is 6.47. The van der Waals surface area contributed by atoms with Gasteiger partial charge in [-0.3, -0.25) is 5.01 Å². The third-order valence-corrected chi connectivity index (χ3v) is 5.59. The molecule has 0 amide bonds. The maximum absolute atomic E-state index is 4.58. The first-order chi connectivity index (χ1) is 12.8. The molecule has 1 heterocycles. The number of fused-ring (bicyclic) bond motifs is 2. The van der Waals surface area contributed by atoms with Crippen LogP contribution in [0, 0.1) is 0 Å². The standard InChI is InChI=1S/C22H21N3S/c1-3-25-19-11-7-8-12-21(19)26-22-15-17(13-14-20(22)25)16-23-24(2)18-9-5-4-6-10-18/h4-16H,3H2,1-2H3/b23-16+. The monoisotopic (exact) mass is 359 g/mol. The zero-order chi connectivity index (χ0) is 17.9. The number of anilines is 3. The summed E-state index contributed by atoms with van der Waals surface area (Å²) in [6.45, 7) is 3.15. The predicted molar refractivity (Wildman–Crippen MR) is 112 cm³/mol. The van der Waals surface area contributed by atoms with Crippen LogP contribution in [0.25, 0.3) is 0 Å². The zero-order valence-corrected chi connectivity index (χ0v) is 15.8. The van der Waals surface area contributed by atoms with Gasteiger partial charge in [0.1, 0.15) is 0 Å². The van der Waals surface area contributed by atoms with E-state index in [9.17, 15) is 0 Å². The molecule has 26 heavy (non-hydrogen) atoms. The fourth-order valence-corrected chi connectivity index (χ4v) is 4.28. The molecule has 0 atom stereocenters. The lowest BCUT2D eigenvalue weighted by atomic mass is 10.1. The van der Waals surface area contributed by atoms with Crippen LogP contribution >= 0.6 is 11.8 Å². The Kier molecular flexibility index (Phi) is 4.67. The molecule has 0 saturated heterocycles. The van der Waals surface area contributed by atoms with Gasteiger partial charge in [0, 0.05) is 23.4 Å². The number of benzene rings is 3. The fourth-order valence-electron chi connectivity index (χ4n) is 3.13. The second-order valence-electron chi connectivity index (χ2n) is 6.14. The molecule has 0 aromatic heterocycles. The van der Waals surface area contributed by atoms with E-state index < -0.39 is 0 Å². The van der Waals surface area contributed by atoms with Crippen LogP contribution in [0.4, 0.5) is 17.1 Å². The van der Waals surface area contributed by atoms with Crippen molar-refractivity contribution in [1.29, 1.82) is 0 Å². The molecule has 1 aliphatic heterocycles. The van der Waals surface area contributed by atoms with Gasteiger partial charge in [-0.1, -0.05) is 48.2 Å². The second-order valence-corrected chi connectivity index (χ2v) is 7.23. The number of hydrazone groups is 1. The van der Waals surface area contributed by atoms with Crippen molar-refractivity contribution < 1.29 is 0 Å². The van der Waals surface area contributed by atoms with Crippen LogP contribution in [-0.2, 0) is 0 Å². The summed E-state index contributed by atoms with van der Waals surface area (Å²) in [7, 11) is 1.97. The quantitative estimate of drug-likeness (QED) is 0.435. The summed E-state index contributed by atoms with van der Waals surface area (Å²) >= 11 is 1.83. The molecule has 0 radical (unpaired) electrons. The number of hydrogen-bond donors (Lipinski definition) is 0. The third-order valence-electron chi connectivity index (χ3n) is 4.48. The molecule has 3 aromatic rings. The normalized spacial score (nSPS) is 12.8. The molecule has 4 heteroatoms. The van der Waals surface area contributed by atoms with Gasteiger partial charge in [0.15, 0.2) is 0 Å². The minimum Gasteiger partial charge on any atom is -0.340 e. The van der Waals surface area contributed by atoms with Crippen LogP contribution in [0.5, 0.6) is 0 Å². The van der Waals surface area contributed by atoms with E-state index >= 15 is 0 Å². The number of rotatable bonds is 4. The van der Waals surface area contributed by atoms with Gasteiger partial charge in [0.25, 0.3) is 0 Å². The van der Waals surface area contributed by atoms with E-state index in [1.165, 1.54) is 21.2 Å². The summed E-state index contributed by atoms with van der Waals surface area (Å²) < 4.78 is 0. The van der Waals surface area contributed by atoms with E-state index in [-0.39, 0.29) is 0 Å². The summed E-state index contributed by atoms with van der Waals surface area (Å²) in [6.07, 6.45) is 1.92. The molecule has 3 aromatic carbocycles. The molecule has 4 rings (SSSR count). The highest BCUT2D eigenvalue weighted by atomic mass is 32.2. The molecule has 0 bridgehead atoms. The molecule has 0 N–H and O–H groups in total. The van der Waals surface area contributed by atoms with Crippen LogP contribution < -0.4 is 9.91 Å². The van der Waals surface area contributed by atoms with Gasteiger partial charge in [-0.05, 0) is 48.9 Å². The van der Waals surface area contributed by atoms with Crippen molar-refractivity contribution >= 4 is 35.0 Å². The summed E-state index contributed by atoms with van der Waals surface area (Å²) in [5.74, 6) is 0. The Morgan fingerprint density at radius 3 is 2.46 bits per heavy atom. The van der Waals surface area contributed by atoms with Crippen LogP contribution in [0.1, 0.15) is 12.5 Å². The first-order valence-electron chi connectivity index (χ1n) is 8.77. The van der Waals surface area contributed by atoms with Crippen molar-refractivity contribution in [2.75, 3.05) is 23.5 Å². The molecule has 0 aliphatic carbocycles. The molecular formula is C22H21N3S. The van der Waals surface area contributed by atoms with Crippen molar-refractivity contribution in [3.05, 3.63) is 78.4 Å². The van der Waals surface area contributed by atoms with Gasteiger partial charge >= 0.3 is 0 Å². The van der Waals surface area contributed by atoms with E-state index in [2.05, 4.69) is 71.5 Å². The van der Waals surface area contributed by atoms with Gasteiger partial charge < -0.3 is 4.90 Å². The highest BCUT2D eigenvalue weighted by Gasteiger charge is 2.21. The maximum atomic E-state index is 4.58. The number of hydrogen-bond acceptors (Lipinski definition) is 4. The van der Waals surface area contributed by atoms with E-state index in [1.807, 2.05) is 48.2 Å². The Bertz CT molecular complexity index is 937. The number of nitrogens with zero attached hydrogens (tertiary/aromatic N) is 3.